The number of hydrogen-bond acceptors (Lipinski definition) is 8. The number of nitro groups is 1. The Labute approximate surface area is 159 Å². The van der Waals surface area contributed by atoms with Gasteiger partial charge in [0, 0.05) is 50.7 Å². The Morgan fingerprint density at radius 2 is 1.93 bits per heavy atom. The number of anilines is 1. The summed E-state index contributed by atoms with van der Waals surface area (Å²) in [7, 11) is -3.56. The molecule has 0 radical (unpaired) electrons. The fourth-order valence-corrected chi connectivity index (χ4v) is 5.36. The Morgan fingerprint density at radius 1 is 1.15 bits per heavy atom. The van der Waals surface area contributed by atoms with E-state index in [1.165, 1.54) is 46.2 Å². The molecule has 0 unspecified atom stereocenters. The van der Waals surface area contributed by atoms with Crippen LogP contribution in [-0.2, 0) is 10.0 Å². The van der Waals surface area contributed by atoms with Gasteiger partial charge >= 0.3 is 0 Å². The van der Waals surface area contributed by atoms with Crippen LogP contribution in [-0.4, -0.2) is 53.8 Å². The molecule has 2 aromatic heterocycles. The number of benzene rings is 1. The van der Waals surface area contributed by atoms with Gasteiger partial charge in [-0.2, -0.15) is 4.31 Å². The third kappa shape index (κ3) is 3.36. The van der Waals surface area contributed by atoms with E-state index in [0.717, 1.165) is 9.83 Å². The number of aromatic nitrogens is 2. The molecule has 3 heterocycles. The topological polar surface area (TPSA) is 110 Å². The molecule has 1 aliphatic rings. The van der Waals surface area contributed by atoms with Crippen molar-refractivity contribution in [2.24, 2.45) is 0 Å². The summed E-state index contributed by atoms with van der Waals surface area (Å²) < 4.78 is 27.5. The molecule has 1 aliphatic heterocycles. The Bertz CT molecular complexity index is 1090. The van der Waals surface area contributed by atoms with Gasteiger partial charge in [-0.15, -0.1) is 0 Å². The van der Waals surface area contributed by atoms with Crippen molar-refractivity contribution in [1.82, 2.24) is 14.3 Å². The predicted molar refractivity (Wildman–Crippen MR) is 101 cm³/mol. The maximum Gasteiger partial charge on any atom is 0.270 e. The quantitative estimate of drug-likeness (QED) is 0.483. The number of sulfonamides is 1. The zero-order valence-corrected chi connectivity index (χ0v) is 15.7. The van der Waals surface area contributed by atoms with Gasteiger partial charge in [-0.25, -0.2) is 13.4 Å². The fourth-order valence-electron chi connectivity index (χ4n) is 2.92. The molecule has 1 fully saturated rings. The first-order chi connectivity index (χ1) is 12.9. The van der Waals surface area contributed by atoms with E-state index in [0.29, 0.717) is 31.7 Å². The molecule has 0 aliphatic carbocycles. The number of nitrogens with zero attached hydrogens (tertiary/aromatic N) is 5. The molecular formula is C16H15N5O4S2. The standard InChI is InChI=1S/C16H15N5O4S2/c22-21(23)12-3-4-14-15(10-12)26-16(18-14)19-6-8-20(9-7-19)27(24,25)13-2-1-5-17-11-13/h1-5,10-11H,6-9H2. The van der Waals surface area contributed by atoms with Crippen LogP contribution in [0.15, 0.2) is 47.6 Å². The summed E-state index contributed by atoms with van der Waals surface area (Å²) in [6.07, 6.45) is 2.89. The van der Waals surface area contributed by atoms with Crippen LogP contribution in [0.2, 0.25) is 0 Å². The maximum absolute atomic E-state index is 12.7. The number of thiazole rings is 1. The summed E-state index contributed by atoms with van der Waals surface area (Å²) in [6, 6.07) is 7.72. The molecule has 0 amide bonds. The normalized spacial score (nSPS) is 15.9. The number of non-ortho nitro benzene ring substituents is 1. The van der Waals surface area contributed by atoms with Crippen molar-refractivity contribution in [3.8, 4) is 0 Å². The van der Waals surface area contributed by atoms with Crippen LogP contribution in [0, 0.1) is 10.1 Å². The second-order valence-corrected chi connectivity index (χ2v) is 8.93. The molecule has 0 atom stereocenters. The van der Waals surface area contributed by atoms with E-state index >= 15 is 0 Å². The zero-order chi connectivity index (χ0) is 19.0. The summed E-state index contributed by atoms with van der Waals surface area (Å²) in [5.41, 5.74) is 0.732. The Kier molecular flexibility index (Phi) is 4.50. The van der Waals surface area contributed by atoms with E-state index < -0.39 is 14.9 Å². The second kappa shape index (κ2) is 6.83. The van der Waals surface area contributed by atoms with Crippen LogP contribution in [0.1, 0.15) is 0 Å². The molecule has 0 spiro atoms. The molecule has 0 bridgehead atoms. The SMILES string of the molecule is O=[N+]([O-])c1ccc2nc(N3CCN(S(=O)(=O)c4cccnc4)CC3)sc2c1. The first-order valence-corrected chi connectivity index (χ1v) is 10.4. The minimum absolute atomic E-state index is 0.0325. The number of pyridine rings is 1. The van der Waals surface area contributed by atoms with Crippen molar-refractivity contribution >= 4 is 42.4 Å². The van der Waals surface area contributed by atoms with E-state index in [2.05, 4.69) is 9.97 Å². The lowest BCUT2D eigenvalue weighted by Gasteiger charge is -2.33. The van der Waals surface area contributed by atoms with Crippen molar-refractivity contribution in [3.05, 3.63) is 52.8 Å². The van der Waals surface area contributed by atoms with E-state index in [1.54, 1.807) is 12.1 Å². The van der Waals surface area contributed by atoms with Crippen molar-refractivity contribution in [2.75, 3.05) is 31.1 Å². The lowest BCUT2D eigenvalue weighted by Crippen LogP contribution is -2.48. The monoisotopic (exact) mass is 405 g/mol. The summed E-state index contributed by atoms with van der Waals surface area (Å²) in [5.74, 6) is 0. The molecule has 3 aromatic rings. The Hall–Kier alpha value is -2.63. The Balaban J connectivity index is 1.51. The first-order valence-electron chi connectivity index (χ1n) is 8.15. The highest BCUT2D eigenvalue weighted by molar-refractivity contribution is 7.89. The van der Waals surface area contributed by atoms with E-state index in [1.807, 2.05) is 4.90 Å². The van der Waals surface area contributed by atoms with Crippen LogP contribution in [0.3, 0.4) is 0 Å². The van der Waals surface area contributed by atoms with Gasteiger partial charge in [0.05, 0.1) is 15.1 Å². The van der Waals surface area contributed by atoms with Gasteiger partial charge in [-0.3, -0.25) is 15.1 Å². The molecule has 1 saturated heterocycles. The highest BCUT2D eigenvalue weighted by Crippen LogP contribution is 2.32. The van der Waals surface area contributed by atoms with Gasteiger partial charge in [0.2, 0.25) is 10.0 Å². The largest absolute Gasteiger partial charge is 0.345 e. The molecule has 0 saturated carbocycles. The molecule has 11 heteroatoms. The summed E-state index contributed by atoms with van der Waals surface area (Å²) in [6.45, 7) is 1.68. The number of rotatable bonds is 4. The third-order valence-corrected chi connectivity index (χ3v) is 7.31. The predicted octanol–water partition coefficient (Wildman–Crippen LogP) is 2.11. The number of nitro benzene ring substituents is 1. The molecule has 4 rings (SSSR count). The van der Waals surface area contributed by atoms with Crippen molar-refractivity contribution in [3.63, 3.8) is 0 Å². The van der Waals surface area contributed by atoms with Gasteiger partial charge < -0.3 is 4.90 Å². The van der Waals surface area contributed by atoms with Crippen molar-refractivity contribution < 1.29 is 13.3 Å². The minimum Gasteiger partial charge on any atom is -0.345 e. The van der Waals surface area contributed by atoms with Crippen molar-refractivity contribution in [2.45, 2.75) is 4.90 Å². The summed E-state index contributed by atoms with van der Waals surface area (Å²) in [5, 5.41) is 11.7. The van der Waals surface area contributed by atoms with Gasteiger partial charge in [-0.1, -0.05) is 11.3 Å². The smallest absolute Gasteiger partial charge is 0.270 e. The summed E-state index contributed by atoms with van der Waals surface area (Å²) >= 11 is 1.37. The van der Waals surface area contributed by atoms with Gasteiger partial charge in [0.15, 0.2) is 5.13 Å². The van der Waals surface area contributed by atoms with Crippen molar-refractivity contribution in [1.29, 1.82) is 0 Å². The van der Waals surface area contributed by atoms with Gasteiger partial charge in [0.25, 0.3) is 5.69 Å². The fraction of sp³-hybridized carbons (Fsp3) is 0.250. The van der Waals surface area contributed by atoms with Gasteiger partial charge in [-0.05, 0) is 18.2 Å². The third-order valence-electron chi connectivity index (χ3n) is 4.35. The average Bonchev–Trinajstić information content (AvgIpc) is 3.12. The Morgan fingerprint density at radius 3 is 2.59 bits per heavy atom. The van der Waals surface area contributed by atoms with Gasteiger partial charge in [0.1, 0.15) is 4.90 Å². The minimum atomic E-state index is -3.56. The van der Waals surface area contributed by atoms with Crippen LogP contribution in [0.5, 0.6) is 0 Å². The number of fused-ring (bicyclic) bond motifs is 1. The maximum atomic E-state index is 12.7. The lowest BCUT2D eigenvalue weighted by atomic mass is 10.3. The van der Waals surface area contributed by atoms with Crippen LogP contribution < -0.4 is 4.90 Å². The molecule has 0 N–H and O–H groups in total. The average molecular weight is 405 g/mol. The van der Waals surface area contributed by atoms with E-state index in [4.69, 9.17) is 0 Å². The lowest BCUT2D eigenvalue weighted by molar-refractivity contribution is -0.384. The van der Waals surface area contributed by atoms with Crippen LogP contribution in [0.4, 0.5) is 10.8 Å². The number of piperazine rings is 1. The molecular weight excluding hydrogens is 390 g/mol. The second-order valence-electron chi connectivity index (χ2n) is 5.99. The first kappa shape index (κ1) is 17.8. The zero-order valence-electron chi connectivity index (χ0n) is 14.1. The summed E-state index contributed by atoms with van der Waals surface area (Å²) in [4.78, 5) is 21.1. The van der Waals surface area contributed by atoms with E-state index in [9.17, 15) is 18.5 Å². The highest BCUT2D eigenvalue weighted by Gasteiger charge is 2.29. The van der Waals surface area contributed by atoms with Crippen LogP contribution >= 0.6 is 11.3 Å². The molecule has 1 aromatic carbocycles. The molecule has 27 heavy (non-hydrogen) atoms. The number of hydrogen-bond donors (Lipinski definition) is 0. The van der Waals surface area contributed by atoms with E-state index in [-0.39, 0.29) is 10.6 Å². The molecule has 140 valence electrons. The molecule has 9 nitrogen and oxygen atoms in total. The highest BCUT2D eigenvalue weighted by atomic mass is 32.2. The van der Waals surface area contributed by atoms with Crippen LogP contribution in [0.25, 0.3) is 10.2 Å².